The van der Waals surface area contributed by atoms with Crippen LogP contribution >= 0.6 is 0 Å². The van der Waals surface area contributed by atoms with Crippen LogP contribution in [0.5, 0.6) is 0 Å². The molecule has 6 nitrogen and oxygen atoms in total. The summed E-state index contributed by atoms with van der Waals surface area (Å²) in [5, 5.41) is 0. The Morgan fingerprint density at radius 1 is 1.45 bits per heavy atom. The van der Waals surface area contributed by atoms with Crippen molar-refractivity contribution in [2.24, 2.45) is 5.92 Å². The Labute approximate surface area is 117 Å². The van der Waals surface area contributed by atoms with Crippen molar-refractivity contribution >= 4 is 18.2 Å². The van der Waals surface area contributed by atoms with Crippen LogP contribution in [0.3, 0.4) is 0 Å². The average molecular weight is 278 g/mol. The van der Waals surface area contributed by atoms with Gasteiger partial charge in [-0.15, -0.1) is 0 Å². The van der Waals surface area contributed by atoms with Crippen LogP contribution in [0.15, 0.2) is 12.3 Å². The first kappa shape index (κ1) is 14.3. The van der Waals surface area contributed by atoms with Crippen LogP contribution in [0.25, 0.3) is 0 Å². The van der Waals surface area contributed by atoms with Crippen LogP contribution in [-0.2, 0) is 9.53 Å². The van der Waals surface area contributed by atoms with Crippen molar-refractivity contribution in [3.8, 4) is 0 Å². The molecular formula is C14H18N2O4. The molecule has 0 atom stereocenters. The maximum absolute atomic E-state index is 12.2. The molecule has 1 aromatic rings. The molecule has 108 valence electrons. The van der Waals surface area contributed by atoms with Gasteiger partial charge in [0.25, 0.3) is 5.91 Å². The summed E-state index contributed by atoms with van der Waals surface area (Å²) >= 11 is 0. The number of carbonyl (C=O) groups is 3. The molecule has 1 aliphatic heterocycles. The number of rotatable bonds is 4. The molecule has 1 saturated heterocycles. The van der Waals surface area contributed by atoms with Crippen molar-refractivity contribution < 1.29 is 19.1 Å². The van der Waals surface area contributed by atoms with Gasteiger partial charge in [-0.25, -0.2) is 0 Å². The summed E-state index contributed by atoms with van der Waals surface area (Å²) in [5.74, 6) is -0.434. The lowest BCUT2D eigenvalue weighted by Gasteiger charge is -2.30. The fourth-order valence-corrected chi connectivity index (χ4v) is 2.35. The van der Waals surface area contributed by atoms with E-state index in [0.29, 0.717) is 50.1 Å². The average Bonchev–Trinajstić information content (AvgIpc) is 2.96. The van der Waals surface area contributed by atoms with Crippen molar-refractivity contribution in [3.05, 3.63) is 23.5 Å². The van der Waals surface area contributed by atoms with Crippen LogP contribution in [0.4, 0.5) is 0 Å². The van der Waals surface area contributed by atoms with Gasteiger partial charge in [0, 0.05) is 24.8 Å². The Morgan fingerprint density at radius 2 is 2.15 bits per heavy atom. The number of esters is 1. The third-order valence-corrected chi connectivity index (χ3v) is 3.47. The number of carbonyl (C=O) groups excluding carboxylic acids is 3. The monoisotopic (exact) mass is 278 g/mol. The highest BCUT2D eigenvalue weighted by Crippen LogP contribution is 2.20. The predicted octanol–water partition coefficient (Wildman–Crippen LogP) is 1.24. The van der Waals surface area contributed by atoms with E-state index in [1.54, 1.807) is 11.8 Å². The van der Waals surface area contributed by atoms with Gasteiger partial charge in [-0.1, -0.05) is 0 Å². The molecule has 1 fully saturated rings. The molecule has 0 aliphatic carbocycles. The van der Waals surface area contributed by atoms with Crippen LogP contribution in [0.1, 0.15) is 40.6 Å². The summed E-state index contributed by atoms with van der Waals surface area (Å²) in [6.45, 7) is 3.22. The zero-order valence-corrected chi connectivity index (χ0v) is 11.4. The second-order valence-corrected chi connectivity index (χ2v) is 4.78. The number of nitrogens with one attached hydrogen (secondary N) is 1. The second-order valence-electron chi connectivity index (χ2n) is 4.78. The van der Waals surface area contributed by atoms with E-state index in [-0.39, 0.29) is 17.8 Å². The number of piperidine rings is 1. The van der Waals surface area contributed by atoms with Gasteiger partial charge in [0.05, 0.1) is 12.5 Å². The Balaban J connectivity index is 1.91. The first-order valence-electron chi connectivity index (χ1n) is 6.75. The standard InChI is InChI=1S/C14H18N2O4/c1-2-20-14(19)11-3-5-16(6-4-11)13(18)12-7-10(9-17)8-15-12/h7-9,11,15H,2-6H2,1H3. The molecule has 1 amide bonds. The molecule has 0 radical (unpaired) electrons. The van der Waals surface area contributed by atoms with Gasteiger partial charge in [0.2, 0.25) is 0 Å². The van der Waals surface area contributed by atoms with E-state index in [0.717, 1.165) is 0 Å². The molecule has 0 unspecified atom stereocenters. The third kappa shape index (κ3) is 3.07. The minimum absolute atomic E-state index is 0.117. The fraction of sp³-hybridized carbons (Fsp3) is 0.500. The zero-order valence-electron chi connectivity index (χ0n) is 11.4. The highest BCUT2D eigenvalue weighted by Gasteiger charge is 2.29. The van der Waals surface area contributed by atoms with Crippen molar-refractivity contribution in [2.45, 2.75) is 19.8 Å². The minimum Gasteiger partial charge on any atom is -0.466 e. The fourth-order valence-electron chi connectivity index (χ4n) is 2.35. The summed E-state index contributed by atoms with van der Waals surface area (Å²) in [5.41, 5.74) is 0.858. The maximum atomic E-state index is 12.2. The van der Waals surface area contributed by atoms with Crippen LogP contribution in [-0.4, -0.2) is 47.7 Å². The topological polar surface area (TPSA) is 79.5 Å². The summed E-state index contributed by atoms with van der Waals surface area (Å²) < 4.78 is 4.99. The molecular weight excluding hydrogens is 260 g/mol. The molecule has 0 spiro atoms. The van der Waals surface area contributed by atoms with Crippen molar-refractivity contribution in [2.75, 3.05) is 19.7 Å². The number of aromatic nitrogens is 1. The number of hydrogen-bond donors (Lipinski definition) is 1. The molecule has 0 aromatic carbocycles. The second kappa shape index (κ2) is 6.36. The smallest absolute Gasteiger partial charge is 0.309 e. The predicted molar refractivity (Wildman–Crippen MR) is 71.4 cm³/mol. The van der Waals surface area contributed by atoms with Gasteiger partial charge in [0.1, 0.15) is 5.69 Å². The number of hydrogen-bond acceptors (Lipinski definition) is 4. The van der Waals surface area contributed by atoms with E-state index in [2.05, 4.69) is 4.98 Å². The zero-order chi connectivity index (χ0) is 14.5. The molecule has 0 bridgehead atoms. The number of likely N-dealkylation sites (tertiary alicyclic amines) is 1. The van der Waals surface area contributed by atoms with Gasteiger partial charge in [-0.3, -0.25) is 14.4 Å². The van der Waals surface area contributed by atoms with Gasteiger partial charge in [-0.05, 0) is 25.8 Å². The van der Waals surface area contributed by atoms with Gasteiger partial charge >= 0.3 is 5.97 Å². The van der Waals surface area contributed by atoms with Gasteiger partial charge in [-0.2, -0.15) is 0 Å². The molecule has 2 rings (SSSR count). The van der Waals surface area contributed by atoms with E-state index >= 15 is 0 Å². The van der Waals surface area contributed by atoms with Crippen molar-refractivity contribution in [1.29, 1.82) is 0 Å². The minimum atomic E-state index is -0.178. The van der Waals surface area contributed by atoms with E-state index in [1.807, 2.05) is 0 Å². The molecule has 0 saturated carbocycles. The highest BCUT2D eigenvalue weighted by atomic mass is 16.5. The Kier molecular flexibility index (Phi) is 4.55. The third-order valence-electron chi connectivity index (χ3n) is 3.47. The molecule has 20 heavy (non-hydrogen) atoms. The van der Waals surface area contributed by atoms with Crippen molar-refractivity contribution in [1.82, 2.24) is 9.88 Å². The first-order valence-corrected chi connectivity index (χ1v) is 6.75. The molecule has 1 N–H and O–H groups in total. The summed E-state index contributed by atoms with van der Waals surface area (Å²) in [4.78, 5) is 38.9. The maximum Gasteiger partial charge on any atom is 0.309 e. The lowest BCUT2D eigenvalue weighted by atomic mass is 9.97. The largest absolute Gasteiger partial charge is 0.466 e. The Hall–Kier alpha value is -2.11. The Bertz CT molecular complexity index is 501. The highest BCUT2D eigenvalue weighted by molar-refractivity contribution is 5.94. The van der Waals surface area contributed by atoms with E-state index in [4.69, 9.17) is 4.74 Å². The molecule has 2 heterocycles. The van der Waals surface area contributed by atoms with E-state index < -0.39 is 0 Å². The van der Waals surface area contributed by atoms with Gasteiger partial charge in [0.15, 0.2) is 6.29 Å². The van der Waals surface area contributed by atoms with E-state index in [1.165, 1.54) is 12.3 Å². The van der Waals surface area contributed by atoms with Gasteiger partial charge < -0.3 is 14.6 Å². The van der Waals surface area contributed by atoms with Crippen molar-refractivity contribution in [3.63, 3.8) is 0 Å². The lowest BCUT2D eigenvalue weighted by Crippen LogP contribution is -2.40. The lowest BCUT2D eigenvalue weighted by molar-refractivity contribution is -0.149. The number of H-pyrrole nitrogens is 1. The normalized spacial score (nSPS) is 15.9. The van der Waals surface area contributed by atoms with Crippen LogP contribution in [0, 0.1) is 5.92 Å². The SMILES string of the molecule is CCOC(=O)C1CCN(C(=O)c2cc(C=O)c[nH]2)CC1. The summed E-state index contributed by atoms with van der Waals surface area (Å²) in [6.07, 6.45) is 3.43. The molecule has 6 heteroatoms. The number of nitrogens with zero attached hydrogens (tertiary/aromatic N) is 1. The van der Waals surface area contributed by atoms with E-state index in [9.17, 15) is 14.4 Å². The molecule has 1 aromatic heterocycles. The van der Waals surface area contributed by atoms with Crippen LogP contribution in [0.2, 0.25) is 0 Å². The summed E-state index contributed by atoms with van der Waals surface area (Å²) in [6, 6.07) is 1.53. The first-order chi connectivity index (χ1) is 9.65. The molecule has 1 aliphatic rings. The van der Waals surface area contributed by atoms with Crippen LogP contribution < -0.4 is 0 Å². The Morgan fingerprint density at radius 3 is 2.70 bits per heavy atom. The quantitative estimate of drug-likeness (QED) is 0.664. The number of aromatic amines is 1. The summed E-state index contributed by atoms with van der Waals surface area (Å²) in [7, 11) is 0. The number of amides is 1. The number of ether oxygens (including phenoxy) is 1. The number of aldehydes is 1.